The van der Waals surface area contributed by atoms with Gasteiger partial charge in [0.25, 0.3) is 5.91 Å². The summed E-state index contributed by atoms with van der Waals surface area (Å²) in [4.78, 5) is 20.0. The van der Waals surface area contributed by atoms with E-state index in [2.05, 4.69) is 20.3 Å². The van der Waals surface area contributed by atoms with E-state index in [1.54, 1.807) is 48.4 Å². The number of halogens is 3. The van der Waals surface area contributed by atoms with Crippen LogP contribution in [-0.2, 0) is 7.05 Å². The molecule has 1 saturated heterocycles. The summed E-state index contributed by atoms with van der Waals surface area (Å²) in [5.41, 5.74) is 2.95. The zero-order chi connectivity index (χ0) is 24.3. The molecular formula is C24H26F3N5O2. The average Bonchev–Trinajstić information content (AvgIpc) is 3.24. The van der Waals surface area contributed by atoms with Crippen LogP contribution in [0.2, 0.25) is 0 Å². The highest BCUT2D eigenvalue weighted by Gasteiger charge is 2.28. The number of amides is 1. The first-order valence-corrected chi connectivity index (χ1v) is 11.0. The molecule has 34 heavy (non-hydrogen) atoms. The van der Waals surface area contributed by atoms with Crippen LogP contribution in [0.4, 0.5) is 13.2 Å². The van der Waals surface area contributed by atoms with Crippen LogP contribution >= 0.6 is 0 Å². The molecule has 0 radical (unpaired) electrons. The van der Waals surface area contributed by atoms with E-state index in [1.807, 2.05) is 7.05 Å². The van der Waals surface area contributed by atoms with Crippen molar-refractivity contribution in [3.05, 3.63) is 54.4 Å². The van der Waals surface area contributed by atoms with Crippen LogP contribution in [0.5, 0.6) is 5.75 Å². The lowest BCUT2D eigenvalue weighted by Gasteiger charge is -2.30. The number of pyridine rings is 1. The van der Waals surface area contributed by atoms with Crippen LogP contribution in [0.1, 0.15) is 23.2 Å². The number of piperidine rings is 1. The number of ether oxygens (including phenoxy) is 1. The van der Waals surface area contributed by atoms with E-state index in [9.17, 15) is 18.0 Å². The summed E-state index contributed by atoms with van der Waals surface area (Å²) in [6.07, 6.45) is 0.999. The number of nitrogens with zero attached hydrogens (tertiary/aromatic N) is 4. The van der Waals surface area contributed by atoms with Gasteiger partial charge in [-0.25, -0.2) is 4.98 Å². The van der Waals surface area contributed by atoms with Crippen LogP contribution in [0, 0.1) is 0 Å². The number of nitrogens with one attached hydrogen (secondary N) is 1. The molecule has 1 aliphatic rings. The summed E-state index contributed by atoms with van der Waals surface area (Å²) >= 11 is 0. The quantitative estimate of drug-likeness (QED) is 0.588. The zero-order valence-corrected chi connectivity index (χ0v) is 19.0. The summed E-state index contributed by atoms with van der Waals surface area (Å²) < 4.78 is 43.7. The number of aromatic nitrogens is 3. The Labute approximate surface area is 195 Å². The fourth-order valence-electron chi connectivity index (χ4n) is 3.95. The van der Waals surface area contributed by atoms with E-state index in [0.717, 1.165) is 31.5 Å². The molecule has 2 aromatic heterocycles. The first-order chi connectivity index (χ1) is 16.2. The lowest BCUT2D eigenvalue weighted by atomic mass is 10.0. The molecular weight excluding hydrogens is 447 g/mol. The van der Waals surface area contributed by atoms with Gasteiger partial charge in [0.15, 0.2) is 6.61 Å². The maximum Gasteiger partial charge on any atom is 0.422 e. The monoisotopic (exact) mass is 473 g/mol. The number of carbonyl (C=O) groups excluding carboxylic acids is 1. The fourth-order valence-corrected chi connectivity index (χ4v) is 3.95. The third kappa shape index (κ3) is 6.13. The van der Waals surface area contributed by atoms with Crippen LogP contribution in [-0.4, -0.2) is 64.5 Å². The number of rotatable bonds is 6. The van der Waals surface area contributed by atoms with Crippen molar-refractivity contribution >= 4 is 5.91 Å². The maximum atomic E-state index is 13.1. The van der Waals surface area contributed by atoms with Crippen molar-refractivity contribution in [3.8, 4) is 28.3 Å². The Morgan fingerprint density at radius 1 is 1.15 bits per heavy atom. The molecule has 180 valence electrons. The fraction of sp³-hybridized carbons (Fsp3) is 0.375. The van der Waals surface area contributed by atoms with Crippen molar-refractivity contribution < 1.29 is 22.7 Å². The third-order valence-corrected chi connectivity index (χ3v) is 5.60. The molecule has 4 rings (SSSR count). The predicted molar refractivity (Wildman–Crippen MR) is 121 cm³/mol. The maximum absolute atomic E-state index is 13.1. The van der Waals surface area contributed by atoms with Crippen molar-refractivity contribution in [2.24, 2.45) is 7.05 Å². The van der Waals surface area contributed by atoms with Gasteiger partial charge in [-0.2, -0.15) is 18.3 Å². The Balaban J connectivity index is 1.62. The minimum atomic E-state index is -4.41. The molecule has 1 N–H and O–H groups in total. The van der Waals surface area contributed by atoms with Crippen molar-refractivity contribution in [1.29, 1.82) is 0 Å². The highest BCUT2D eigenvalue weighted by atomic mass is 19.4. The number of alkyl halides is 3. The van der Waals surface area contributed by atoms with Crippen molar-refractivity contribution in [2.45, 2.75) is 25.1 Å². The van der Waals surface area contributed by atoms with E-state index >= 15 is 0 Å². The molecule has 0 aliphatic carbocycles. The van der Waals surface area contributed by atoms with Gasteiger partial charge in [0.1, 0.15) is 5.75 Å². The Bertz CT molecular complexity index is 1140. The lowest BCUT2D eigenvalue weighted by molar-refractivity contribution is -0.153. The van der Waals surface area contributed by atoms with E-state index in [1.165, 1.54) is 12.1 Å². The number of hydrogen-bond donors (Lipinski definition) is 1. The summed E-state index contributed by atoms with van der Waals surface area (Å²) in [7, 11) is 3.83. The second kappa shape index (κ2) is 9.84. The van der Waals surface area contributed by atoms with Gasteiger partial charge in [0, 0.05) is 42.5 Å². The standard InChI is InChI=1S/C24H26F3N5O2/c1-31-9-3-4-19(14-31)29-23(33)17-10-21(30-22(11-17)18-12-28-32(2)13-18)16-5-7-20(8-6-16)34-15-24(25,26)27/h5-8,10-13,19H,3-4,9,14-15H2,1-2H3,(H,29,33). The molecule has 10 heteroatoms. The van der Waals surface area contributed by atoms with Crippen LogP contribution < -0.4 is 10.1 Å². The summed E-state index contributed by atoms with van der Waals surface area (Å²) in [6.45, 7) is 0.444. The van der Waals surface area contributed by atoms with Crippen LogP contribution in [0.25, 0.3) is 22.5 Å². The van der Waals surface area contributed by atoms with Gasteiger partial charge in [-0.3, -0.25) is 9.48 Å². The number of carbonyl (C=O) groups is 1. The minimum Gasteiger partial charge on any atom is -0.484 e. The van der Waals surface area contributed by atoms with Crippen LogP contribution in [0.3, 0.4) is 0 Å². The van der Waals surface area contributed by atoms with Crippen LogP contribution in [0.15, 0.2) is 48.8 Å². The Hall–Kier alpha value is -3.40. The SMILES string of the molecule is CN1CCCC(NC(=O)c2cc(-c3ccc(OCC(F)(F)F)cc3)nc(-c3cnn(C)c3)c2)C1. The molecule has 1 unspecified atom stereocenters. The van der Waals surface area contributed by atoms with E-state index < -0.39 is 12.8 Å². The Morgan fingerprint density at radius 2 is 1.85 bits per heavy atom. The van der Waals surface area contributed by atoms with Gasteiger partial charge in [-0.15, -0.1) is 0 Å². The van der Waals surface area contributed by atoms with E-state index in [4.69, 9.17) is 4.74 Å². The highest BCUT2D eigenvalue weighted by molar-refractivity contribution is 5.96. The Kier molecular flexibility index (Phi) is 6.87. The number of hydrogen-bond acceptors (Lipinski definition) is 5. The molecule has 0 saturated carbocycles. The van der Waals surface area contributed by atoms with Gasteiger partial charge in [-0.1, -0.05) is 0 Å². The number of benzene rings is 1. The van der Waals surface area contributed by atoms with Gasteiger partial charge in [0.05, 0.1) is 17.6 Å². The second-order valence-electron chi connectivity index (χ2n) is 8.53. The van der Waals surface area contributed by atoms with Gasteiger partial charge in [0.2, 0.25) is 0 Å². The molecule has 1 aromatic carbocycles. The first-order valence-electron chi connectivity index (χ1n) is 11.0. The molecule has 1 aliphatic heterocycles. The highest BCUT2D eigenvalue weighted by Crippen LogP contribution is 2.27. The molecule has 7 nitrogen and oxygen atoms in total. The number of likely N-dealkylation sites (tertiary alicyclic amines) is 1. The molecule has 1 fully saturated rings. The molecule has 1 amide bonds. The molecule has 0 bridgehead atoms. The summed E-state index contributed by atoms with van der Waals surface area (Å²) in [5, 5.41) is 7.30. The van der Waals surface area contributed by atoms with Gasteiger partial charge in [-0.05, 0) is 62.8 Å². The second-order valence-corrected chi connectivity index (χ2v) is 8.53. The third-order valence-electron chi connectivity index (χ3n) is 5.60. The largest absolute Gasteiger partial charge is 0.484 e. The lowest BCUT2D eigenvalue weighted by Crippen LogP contribution is -2.46. The smallest absolute Gasteiger partial charge is 0.422 e. The number of likely N-dealkylation sites (N-methyl/N-ethyl adjacent to an activating group) is 1. The van der Waals surface area contributed by atoms with Crippen molar-refractivity contribution in [2.75, 3.05) is 26.7 Å². The molecule has 3 heterocycles. The van der Waals surface area contributed by atoms with Gasteiger partial charge >= 0.3 is 6.18 Å². The molecule has 3 aromatic rings. The van der Waals surface area contributed by atoms with Crippen molar-refractivity contribution in [3.63, 3.8) is 0 Å². The summed E-state index contributed by atoms with van der Waals surface area (Å²) in [6, 6.07) is 9.64. The van der Waals surface area contributed by atoms with Crippen molar-refractivity contribution in [1.82, 2.24) is 25.0 Å². The first kappa shape index (κ1) is 23.7. The molecule has 0 spiro atoms. The predicted octanol–water partition coefficient (Wildman–Crippen LogP) is 3.91. The Morgan fingerprint density at radius 3 is 2.47 bits per heavy atom. The van der Waals surface area contributed by atoms with E-state index in [-0.39, 0.29) is 17.7 Å². The van der Waals surface area contributed by atoms with E-state index in [0.29, 0.717) is 22.5 Å². The topological polar surface area (TPSA) is 72.3 Å². The number of aryl methyl sites for hydroxylation is 1. The normalized spacial score (nSPS) is 16.9. The molecule has 1 atom stereocenters. The van der Waals surface area contributed by atoms with Gasteiger partial charge < -0.3 is 15.0 Å². The zero-order valence-electron chi connectivity index (χ0n) is 19.0. The average molecular weight is 473 g/mol. The minimum absolute atomic E-state index is 0.0646. The summed E-state index contributed by atoms with van der Waals surface area (Å²) in [5.74, 6) is -0.0944.